The van der Waals surface area contributed by atoms with Gasteiger partial charge in [0.2, 0.25) is 0 Å². The average Bonchev–Trinajstić information content (AvgIpc) is 2.29. The molecule has 17 heavy (non-hydrogen) atoms. The van der Waals surface area contributed by atoms with Crippen LogP contribution in [0.15, 0.2) is 24.3 Å². The van der Waals surface area contributed by atoms with Crippen LogP contribution < -0.4 is 0 Å². The summed E-state index contributed by atoms with van der Waals surface area (Å²) >= 11 is 0. The zero-order valence-electron chi connectivity index (χ0n) is 9.28. The molecule has 1 aliphatic rings. The highest BCUT2D eigenvalue weighted by molar-refractivity contribution is 5.19. The zero-order valence-corrected chi connectivity index (χ0v) is 9.28. The smallest absolute Gasteiger partial charge is 0.251 e. The van der Waals surface area contributed by atoms with Crippen LogP contribution in [0.4, 0.5) is 13.2 Å². The van der Waals surface area contributed by atoms with E-state index in [9.17, 15) is 13.2 Å². The van der Waals surface area contributed by atoms with E-state index in [1.165, 1.54) is 12.1 Å². The molecule has 1 saturated heterocycles. The van der Waals surface area contributed by atoms with Crippen LogP contribution in [-0.4, -0.2) is 37.6 Å². The van der Waals surface area contributed by atoms with Gasteiger partial charge in [-0.2, -0.15) is 0 Å². The summed E-state index contributed by atoms with van der Waals surface area (Å²) in [7, 11) is 0. The van der Waals surface area contributed by atoms with Crippen LogP contribution >= 0.6 is 0 Å². The van der Waals surface area contributed by atoms with E-state index >= 15 is 0 Å². The molecule has 0 radical (unpaired) electrons. The van der Waals surface area contributed by atoms with E-state index in [2.05, 4.69) is 0 Å². The second-order valence-electron chi connectivity index (χ2n) is 4.06. The van der Waals surface area contributed by atoms with Crippen molar-refractivity contribution >= 4 is 0 Å². The number of rotatable bonds is 3. The van der Waals surface area contributed by atoms with Gasteiger partial charge in [-0.3, -0.25) is 4.90 Å². The van der Waals surface area contributed by atoms with Gasteiger partial charge in [-0.05, 0) is 17.7 Å². The van der Waals surface area contributed by atoms with Gasteiger partial charge in [0, 0.05) is 13.1 Å². The van der Waals surface area contributed by atoms with Gasteiger partial charge in [-0.1, -0.05) is 12.1 Å². The van der Waals surface area contributed by atoms with Crippen molar-refractivity contribution in [1.29, 1.82) is 0 Å². The molecule has 0 unspecified atom stereocenters. The van der Waals surface area contributed by atoms with Gasteiger partial charge >= 0.3 is 0 Å². The van der Waals surface area contributed by atoms with Crippen LogP contribution in [0.25, 0.3) is 0 Å². The van der Waals surface area contributed by atoms with E-state index in [0.717, 1.165) is 5.56 Å². The molecule has 1 heterocycles. The molecule has 1 atom stereocenters. The molecule has 1 fully saturated rings. The van der Waals surface area contributed by atoms with Crippen LogP contribution in [0, 0.1) is 5.82 Å². The molecule has 0 amide bonds. The van der Waals surface area contributed by atoms with Crippen molar-refractivity contribution in [1.82, 2.24) is 4.90 Å². The van der Waals surface area contributed by atoms with E-state index in [0.29, 0.717) is 19.7 Å². The van der Waals surface area contributed by atoms with Crippen LogP contribution in [-0.2, 0) is 4.74 Å². The number of hydrogen-bond acceptors (Lipinski definition) is 2. The average molecular weight is 245 g/mol. The minimum atomic E-state index is -2.33. The summed E-state index contributed by atoms with van der Waals surface area (Å²) in [5, 5.41) is 0. The van der Waals surface area contributed by atoms with Crippen molar-refractivity contribution in [3.05, 3.63) is 35.6 Å². The lowest BCUT2D eigenvalue weighted by Crippen LogP contribution is -2.40. The fraction of sp³-hybridized carbons (Fsp3) is 0.500. The number of ether oxygens (including phenoxy) is 1. The fourth-order valence-corrected chi connectivity index (χ4v) is 1.94. The molecule has 0 bridgehead atoms. The Morgan fingerprint density at radius 2 is 2.00 bits per heavy atom. The first-order chi connectivity index (χ1) is 8.15. The molecule has 5 heteroatoms. The highest BCUT2D eigenvalue weighted by Gasteiger charge is 2.23. The number of halogens is 3. The normalized spacial score (nSPS) is 22.0. The highest BCUT2D eigenvalue weighted by Crippen LogP contribution is 2.22. The number of benzene rings is 1. The third-order valence-electron chi connectivity index (χ3n) is 2.79. The first-order valence-electron chi connectivity index (χ1n) is 5.53. The van der Waals surface area contributed by atoms with E-state index in [1.807, 2.05) is 0 Å². The van der Waals surface area contributed by atoms with Crippen molar-refractivity contribution in [2.24, 2.45) is 0 Å². The van der Waals surface area contributed by atoms with Crippen LogP contribution in [0.2, 0.25) is 0 Å². The molecule has 1 aliphatic heterocycles. The summed E-state index contributed by atoms with van der Waals surface area (Å²) in [6.07, 6.45) is -2.58. The van der Waals surface area contributed by atoms with E-state index in [1.54, 1.807) is 17.0 Å². The largest absolute Gasteiger partial charge is 0.371 e. The highest BCUT2D eigenvalue weighted by atomic mass is 19.3. The minimum absolute atomic E-state index is 0.235. The number of alkyl halides is 2. The van der Waals surface area contributed by atoms with Gasteiger partial charge in [-0.25, -0.2) is 13.2 Å². The molecule has 0 aliphatic carbocycles. The van der Waals surface area contributed by atoms with Gasteiger partial charge in [0.05, 0.1) is 19.3 Å². The van der Waals surface area contributed by atoms with Crippen molar-refractivity contribution < 1.29 is 17.9 Å². The van der Waals surface area contributed by atoms with Crippen molar-refractivity contribution in [2.45, 2.75) is 12.5 Å². The van der Waals surface area contributed by atoms with Gasteiger partial charge in [-0.15, -0.1) is 0 Å². The molecular formula is C12H14F3NO. The Kier molecular flexibility index (Phi) is 4.02. The second-order valence-corrected chi connectivity index (χ2v) is 4.06. The summed E-state index contributed by atoms with van der Waals surface area (Å²) in [5.74, 6) is -0.311. The Bertz CT molecular complexity index is 355. The number of morpholine rings is 1. The number of nitrogens with zero attached hydrogens (tertiary/aromatic N) is 1. The summed E-state index contributed by atoms with van der Waals surface area (Å²) in [4.78, 5) is 1.67. The van der Waals surface area contributed by atoms with E-state index in [-0.39, 0.29) is 18.5 Å². The van der Waals surface area contributed by atoms with Gasteiger partial charge in [0.1, 0.15) is 5.82 Å². The Labute approximate surface area is 98.0 Å². The lowest BCUT2D eigenvalue weighted by molar-refractivity contribution is -0.0461. The summed E-state index contributed by atoms with van der Waals surface area (Å²) in [5.41, 5.74) is 0.824. The maximum absolute atomic E-state index is 12.8. The Balaban J connectivity index is 1.99. The Hall–Kier alpha value is -1.07. The third kappa shape index (κ3) is 3.44. The topological polar surface area (TPSA) is 12.5 Å². The van der Waals surface area contributed by atoms with Crippen LogP contribution in [0.5, 0.6) is 0 Å². The predicted octanol–water partition coefficient (Wildman–Crippen LogP) is 2.46. The standard InChI is InChI=1S/C12H14F3NO/c13-10-3-1-9(2-4-10)11-7-16(5-6-17-11)8-12(14)15/h1-4,11-12H,5-8H2/t11-/m1/s1. The van der Waals surface area contributed by atoms with Crippen molar-refractivity contribution in [2.75, 3.05) is 26.2 Å². The molecule has 0 N–H and O–H groups in total. The molecule has 1 aromatic carbocycles. The second kappa shape index (κ2) is 5.51. The molecule has 0 aromatic heterocycles. The van der Waals surface area contributed by atoms with E-state index < -0.39 is 6.43 Å². The quantitative estimate of drug-likeness (QED) is 0.811. The van der Waals surface area contributed by atoms with Gasteiger partial charge in [0.25, 0.3) is 6.43 Å². The Morgan fingerprint density at radius 3 is 2.65 bits per heavy atom. The third-order valence-corrected chi connectivity index (χ3v) is 2.79. The van der Waals surface area contributed by atoms with Crippen molar-refractivity contribution in [3.63, 3.8) is 0 Å². The summed E-state index contributed by atoms with van der Waals surface area (Å²) in [6.45, 7) is 1.13. The SMILES string of the molecule is Fc1ccc([C@H]2CN(CC(F)F)CCO2)cc1. The monoisotopic (exact) mass is 245 g/mol. The zero-order chi connectivity index (χ0) is 12.3. The maximum atomic E-state index is 12.8. The first kappa shape index (κ1) is 12.4. The molecular weight excluding hydrogens is 231 g/mol. The molecule has 0 saturated carbocycles. The molecule has 2 nitrogen and oxygen atoms in total. The lowest BCUT2D eigenvalue weighted by atomic mass is 10.1. The molecule has 1 aromatic rings. The van der Waals surface area contributed by atoms with Crippen molar-refractivity contribution in [3.8, 4) is 0 Å². The summed E-state index contributed by atoms with van der Waals surface area (Å²) < 4.78 is 42.8. The molecule has 2 rings (SSSR count). The molecule has 0 spiro atoms. The summed E-state index contributed by atoms with van der Waals surface area (Å²) in [6, 6.07) is 5.97. The fourth-order valence-electron chi connectivity index (χ4n) is 1.94. The molecule has 94 valence electrons. The maximum Gasteiger partial charge on any atom is 0.251 e. The Morgan fingerprint density at radius 1 is 1.29 bits per heavy atom. The first-order valence-corrected chi connectivity index (χ1v) is 5.53. The predicted molar refractivity (Wildman–Crippen MR) is 57.5 cm³/mol. The van der Waals surface area contributed by atoms with Gasteiger partial charge < -0.3 is 4.74 Å². The minimum Gasteiger partial charge on any atom is -0.371 e. The van der Waals surface area contributed by atoms with Gasteiger partial charge in [0.15, 0.2) is 0 Å². The van der Waals surface area contributed by atoms with Crippen LogP contribution in [0.3, 0.4) is 0 Å². The van der Waals surface area contributed by atoms with Crippen LogP contribution in [0.1, 0.15) is 11.7 Å². The van der Waals surface area contributed by atoms with E-state index in [4.69, 9.17) is 4.74 Å². The number of hydrogen-bond donors (Lipinski definition) is 0. The lowest BCUT2D eigenvalue weighted by Gasteiger charge is -2.32.